The van der Waals surface area contributed by atoms with Gasteiger partial charge in [0.1, 0.15) is 0 Å². The first kappa shape index (κ1) is 15.3. The molecule has 4 heteroatoms. The molecule has 1 N–H and O–H groups in total. The molecule has 0 atom stereocenters. The van der Waals surface area contributed by atoms with E-state index in [1.165, 1.54) is 11.1 Å². The minimum absolute atomic E-state index is 0.0317. The van der Waals surface area contributed by atoms with Crippen LogP contribution in [0.1, 0.15) is 47.8 Å². The number of aliphatic carboxylic acids is 1. The van der Waals surface area contributed by atoms with Gasteiger partial charge in [0.2, 0.25) is 0 Å². The SMILES string of the molecule is Cc1nn(Cc2ccc(C(C)C)cc2)c(C)c1CC(=O)O. The van der Waals surface area contributed by atoms with E-state index in [2.05, 4.69) is 43.2 Å². The van der Waals surface area contributed by atoms with Crippen molar-refractivity contribution >= 4 is 5.97 Å². The molecular weight excluding hydrogens is 264 g/mol. The number of rotatable bonds is 5. The highest BCUT2D eigenvalue weighted by molar-refractivity contribution is 5.70. The van der Waals surface area contributed by atoms with Crippen LogP contribution in [0.5, 0.6) is 0 Å². The van der Waals surface area contributed by atoms with E-state index in [0.29, 0.717) is 12.5 Å². The lowest BCUT2D eigenvalue weighted by Crippen LogP contribution is -2.06. The molecule has 0 aliphatic rings. The van der Waals surface area contributed by atoms with E-state index in [0.717, 1.165) is 17.0 Å². The Balaban J connectivity index is 2.21. The number of aromatic nitrogens is 2. The van der Waals surface area contributed by atoms with E-state index in [-0.39, 0.29) is 6.42 Å². The second kappa shape index (κ2) is 6.12. The zero-order valence-corrected chi connectivity index (χ0v) is 13.1. The van der Waals surface area contributed by atoms with E-state index in [4.69, 9.17) is 5.11 Å². The lowest BCUT2D eigenvalue weighted by molar-refractivity contribution is -0.136. The van der Waals surface area contributed by atoms with E-state index in [9.17, 15) is 4.79 Å². The molecule has 0 saturated heterocycles. The quantitative estimate of drug-likeness (QED) is 0.917. The van der Waals surface area contributed by atoms with Crippen molar-refractivity contribution in [2.75, 3.05) is 0 Å². The fraction of sp³-hybridized carbons (Fsp3) is 0.412. The molecule has 2 aromatic rings. The number of carboxylic acids is 1. The number of carboxylic acid groups (broad SMARTS) is 1. The molecule has 0 aliphatic heterocycles. The third-order valence-corrected chi connectivity index (χ3v) is 3.84. The van der Waals surface area contributed by atoms with Gasteiger partial charge in [-0.05, 0) is 30.9 Å². The number of carbonyl (C=O) groups is 1. The predicted molar refractivity (Wildman–Crippen MR) is 82.7 cm³/mol. The topological polar surface area (TPSA) is 55.1 Å². The molecule has 2 rings (SSSR count). The van der Waals surface area contributed by atoms with Gasteiger partial charge in [0.25, 0.3) is 0 Å². The molecule has 1 aromatic carbocycles. The molecule has 4 nitrogen and oxygen atoms in total. The Morgan fingerprint density at radius 2 is 1.86 bits per heavy atom. The molecule has 1 heterocycles. The van der Waals surface area contributed by atoms with Crippen molar-refractivity contribution in [3.63, 3.8) is 0 Å². The fourth-order valence-electron chi connectivity index (χ4n) is 2.48. The zero-order valence-electron chi connectivity index (χ0n) is 13.1. The molecular formula is C17H22N2O2. The van der Waals surface area contributed by atoms with E-state index < -0.39 is 5.97 Å². The summed E-state index contributed by atoms with van der Waals surface area (Å²) in [6, 6.07) is 8.51. The van der Waals surface area contributed by atoms with Crippen molar-refractivity contribution in [2.24, 2.45) is 0 Å². The highest BCUT2D eigenvalue weighted by atomic mass is 16.4. The third kappa shape index (κ3) is 3.51. The fourth-order valence-corrected chi connectivity index (χ4v) is 2.48. The third-order valence-electron chi connectivity index (χ3n) is 3.84. The van der Waals surface area contributed by atoms with Crippen LogP contribution < -0.4 is 0 Å². The van der Waals surface area contributed by atoms with Gasteiger partial charge in [-0.1, -0.05) is 38.1 Å². The van der Waals surface area contributed by atoms with Crippen LogP contribution >= 0.6 is 0 Å². The van der Waals surface area contributed by atoms with Gasteiger partial charge >= 0.3 is 5.97 Å². The first-order valence-corrected chi connectivity index (χ1v) is 7.22. The maximum atomic E-state index is 10.9. The molecule has 21 heavy (non-hydrogen) atoms. The van der Waals surface area contributed by atoms with E-state index >= 15 is 0 Å². The van der Waals surface area contributed by atoms with Crippen LogP contribution in [0.3, 0.4) is 0 Å². The monoisotopic (exact) mass is 286 g/mol. The Hall–Kier alpha value is -2.10. The van der Waals surface area contributed by atoms with Crippen LogP contribution in [-0.2, 0) is 17.8 Å². The molecule has 0 aliphatic carbocycles. The lowest BCUT2D eigenvalue weighted by Gasteiger charge is -2.08. The summed E-state index contributed by atoms with van der Waals surface area (Å²) >= 11 is 0. The standard InChI is InChI=1S/C17H22N2O2/c1-11(2)15-7-5-14(6-8-15)10-19-13(4)16(9-17(20)21)12(3)18-19/h5-8,11H,9-10H2,1-4H3,(H,20,21). The first-order valence-electron chi connectivity index (χ1n) is 7.22. The van der Waals surface area contributed by atoms with Crippen molar-refractivity contribution in [2.45, 2.75) is 46.6 Å². The number of hydrogen-bond donors (Lipinski definition) is 1. The second-order valence-corrected chi connectivity index (χ2v) is 5.77. The van der Waals surface area contributed by atoms with E-state index in [1.54, 1.807) is 0 Å². The average molecular weight is 286 g/mol. The van der Waals surface area contributed by atoms with Gasteiger partial charge in [0.05, 0.1) is 18.7 Å². The molecule has 0 fully saturated rings. The summed E-state index contributed by atoms with van der Waals surface area (Å²) in [5.74, 6) is -0.295. The molecule has 112 valence electrons. The Bertz CT molecular complexity index is 640. The Morgan fingerprint density at radius 3 is 2.38 bits per heavy atom. The number of nitrogens with zero attached hydrogens (tertiary/aromatic N) is 2. The van der Waals surface area contributed by atoms with Crippen LogP contribution in [0.4, 0.5) is 0 Å². The zero-order chi connectivity index (χ0) is 15.6. The second-order valence-electron chi connectivity index (χ2n) is 5.77. The van der Waals surface area contributed by atoms with Crippen LogP contribution in [-0.4, -0.2) is 20.9 Å². The molecule has 0 radical (unpaired) electrons. The van der Waals surface area contributed by atoms with Gasteiger partial charge in [-0.15, -0.1) is 0 Å². The minimum atomic E-state index is -0.818. The lowest BCUT2D eigenvalue weighted by atomic mass is 10.0. The van der Waals surface area contributed by atoms with Crippen LogP contribution in [0.25, 0.3) is 0 Å². The Labute approximate surface area is 125 Å². The smallest absolute Gasteiger partial charge is 0.307 e. The summed E-state index contributed by atoms with van der Waals surface area (Å²) in [5.41, 5.74) is 5.04. The summed E-state index contributed by atoms with van der Waals surface area (Å²) < 4.78 is 1.89. The summed E-state index contributed by atoms with van der Waals surface area (Å²) in [4.78, 5) is 10.9. The number of hydrogen-bond acceptors (Lipinski definition) is 2. The average Bonchev–Trinajstić information content (AvgIpc) is 2.67. The number of aryl methyl sites for hydroxylation is 1. The largest absolute Gasteiger partial charge is 0.481 e. The summed E-state index contributed by atoms with van der Waals surface area (Å²) in [7, 11) is 0. The van der Waals surface area contributed by atoms with Crippen molar-refractivity contribution in [3.8, 4) is 0 Å². The highest BCUT2D eigenvalue weighted by Gasteiger charge is 2.14. The maximum absolute atomic E-state index is 10.9. The van der Waals surface area contributed by atoms with Crippen molar-refractivity contribution in [1.82, 2.24) is 9.78 Å². The molecule has 1 aromatic heterocycles. The normalized spacial score (nSPS) is 11.1. The maximum Gasteiger partial charge on any atom is 0.307 e. The molecule has 0 unspecified atom stereocenters. The molecule has 0 spiro atoms. The van der Waals surface area contributed by atoms with Gasteiger partial charge in [-0.3, -0.25) is 9.48 Å². The summed E-state index contributed by atoms with van der Waals surface area (Å²) in [5, 5.41) is 13.4. The number of benzene rings is 1. The summed E-state index contributed by atoms with van der Waals surface area (Å²) in [6.07, 6.45) is 0.0317. The molecule has 0 saturated carbocycles. The van der Waals surface area contributed by atoms with Crippen molar-refractivity contribution in [3.05, 3.63) is 52.3 Å². The van der Waals surface area contributed by atoms with Crippen LogP contribution in [0, 0.1) is 13.8 Å². The molecule has 0 bridgehead atoms. The van der Waals surface area contributed by atoms with Crippen LogP contribution in [0.15, 0.2) is 24.3 Å². The van der Waals surface area contributed by atoms with Gasteiger partial charge in [-0.25, -0.2) is 0 Å². The Kier molecular flexibility index (Phi) is 4.46. The van der Waals surface area contributed by atoms with Gasteiger partial charge in [-0.2, -0.15) is 5.10 Å². The van der Waals surface area contributed by atoms with Crippen molar-refractivity contribution in [1.29, 1.82) is 0 Å². The highest BCUT2D eigenvalue weighted by Crippen LogP contribution is 2.18. The summed E-state index contributed by atoms with van der Waals surface area (Å²) in [6.45, 7) is 8.82. The minimum Gasteiger partial charge on any atom is -0.481 e. The molecule has 0 amide bonds. The van der Waals surface area contributed by atoms with Gasteiger partial charge in [0.15, 0.2) is 0 Å². The Morgan fingerprint density at radius 1 is 1.24 bits per heavy atom. The van der Waals surface area contributed by atoms with E-state index in [1.807, 2.05) is 18.5 Å². The predicted octanol–water partition coefficient (Wildman–Crippen LogP) is 3.30. The van der Waals surface area contributed by atoms with Crippen LogP contribution in [0.2, 0.25) is 0 Å². The van der Waals surface area contributed by atoms with Gasteiger partial charge in [0, 0.05) is 11.3 Å². The van der Waals surface area contributed by atoms with Gasteiger partial charge < -0.3 is 5.11 Å². The van der Waals surface area contributed by atoms with Crippen molar-refractivity contribution < 1.29 is 9.90 Å². The first-order chi connectivity index (χ1) is 9.88.